The predicted octanol–water partition coefficient (Wildman–Crippen LogP) is 3.33. The van der Waals surface area contributed by atoms with Crippen molar-refractivity contribution in [1.82, 2.24) is 4.90 Å². The molecule has 25 heavy (non-hydrogen) atoms. The molecule has 0 aromatic heterocycles. The van der Waals surface area contributed by atoms with Crippen molar-refractivity contribution in [2.75, 3.05) is 31.1 Å². The molecule has 2 saturated carbocycles. The third-order valence-electron chi connectivity index (χ3n) is 6.12. The van der Waals surface area contributed by atoms with Crippen LogP contribution in [0.3, 0.4) is 0 Å². The molecule has 6 nitrogen and oxygen atoms in total. The molecule has 1 aliphatic heterocycles. The van der Waals surface area contributed by atoms with Gasteiger partial charge in [0.2, 0.25) is 5.91 Å². The number of fused-ring (bicyclic) bond motifs is 2. The molecule has 0 unspecified atom stereocenters. The SMILES string of the molecule is O=C([C@@H]1C[C@H]2CC[C@H]1C2)N1CCN(c2ccc(Cl)cc2[N+](=O)[O-])CC1. The summed E-state index contributed by atoms with van der Waals surface area (Å²) in [4.78, 5) is 27.7. The lowest BCUT2D eigenvalue weighted by Gasteiger charge is -2.38. The Kier molecular flexibility index (Phi) is 4.31. The molecule has 0 radical (unpaired) electrons. The Morgan fingerprint density at radius 1 is 1.16 bits per heavy atom. The number of carbonyl (C=O) groups excluding carboxylic acids is 1. The van der Waals surface area contributed by atoms with Crippen LogP contribution in [0.4, 0.5) is 11.4 Å². The van der Waals surface area contributed by atoms with Gasteiger partial charge in [-0.05, 0) is 43.2 Å². The third-order valence-corrected chi connectivity index (χ3v) is 6.36. The number of benzene rings is 1. The zero-order valence-electron chi connectivity index (χ0n) is 14.1. The Labute approximate surface area is 151 Å². The van der Waals surface area contributed by atoms with Crippen LogP contribution in [0.2, 0.25) is 5.02 Å². The lowest BCUT2D eigenvalue weighted by molar-refractivity contribution is -0.384. The second-order valence-corrected chi connectivity index (χ2v) is 7.92. The monoisotopic (exact) mass is 363 g/mol. The topological polar surface area (TPSA) is 66.7 Å². The average molecular weight is 364 g/mol. The van der Waals surface area contributed by atoms with Gasteiger partial charge >= 0.3 is 0 Å². The molecule has 2 bridgehead atoms. The molecular weight excluding hydrogens is 342 g/mol. The van der Waals surface area contributed by atoms with Gasteiger partial charge in [-0.25, -0.2) is 0 Å². The molecule has 1 aromatic rings. The molecule has 0 spiro atoms. The fraction of sp³-hybridized carbons (Fsp3) is 0.611. The van der Waals surface area contributed by atoms with Crippen molar-refractivity contribution in [2.45, 2.75) is 25.7 Å². The number of halogens is 1. The highest BCUT2D eigenvalue weighted by Gasteiger charge is 2.44. The van der Waals surface area contributed by atoms with Crippen LogP contribution < -0.4 is 4.90 Å². The molecule has 4 rings (SSSR count). The summed E-state index contributed by atoms with van der Waals surface area (Å²) >= 11 is 5.89. The molecule has 134 valence electrons. The van der Waals surface area contributed by atoms with E-state index in [1.807, 2.05) is 9.80 Å². The molecule has 7 heteroatoms. The molecular formula is C18H22ClN3O3. The minimum absolute atomic E-state index is 0.0281. The summed E-state index contributed by atoms with van der Waals surface area (Å²) in [5.41, 5.74) is 0.613. The van der Waals surface area contributed by atoms with Gasteiger partial charge in [0, 0.05) is 43.2 Å². The molecule has 2 aliphatic carbocycles. The summed E-state index contributed by atoms with van der Waals surface area (Å²) in [7, 11) is 0. The van der Waals surface area contributed by atoms with E-state index >= 15 is 0 Å². The zero-order chi connectivity index (χ0) is 17.6. The molecule has 1 amide bonds. The number of nitrogens with zero attached hydrogens (tertiary/aromatic N) is 3. The Bertz CT molecular complexity index is 703. The van der Waals surface area contributed by atoms with Crippen molar-refractivity contribution in [1.29, 1.82) is 0 Å². The van der Waals surface area contributed by atoms with Gasteiger partial charge in [-0.3, -0.25) is 14.9 Å². The minimum atomic E-state index is -0.395. The summed E-state index contributed by atoms with van der Waals surface area (Å²) in [6.45, 7) is 2.50. The van der Waals surface area contributed by atoms with Crippen LogP contribution >= 0.6 is 11.6 Å². The standard InChI is InChI=1S/C18H22ClN3O3/c19-14-3-4-16(17(11-14)22(24)25)20-5-7-21(8-6-20)18(23)15-10-12-1-2-13(15)9-12/h3-4,11-13,15H,1-2,5-10H2/t12-,13-,15+/m0/s1. The minimum Gasteiger partial charge on any atom is -0.362 e. The molecule has 1 aromatic carbocycles. The van der Waals surface area contributed by atoms with Gasteiger partial charge in [0.15, 0.2) is 0 Å². The third kappa shape index (κ3) is 3.08. The van der Waals surface area contributed by atoms with E-state index in [0.717, 1.165) is 12.3 Å². The van der Waals surface area contributed by atoms with Gasteiger partial charge in [-0.1, -0.05) is 18.0 Å². The molecule has 3 aliphatic rings. The maximum absolute atomic E-state index is 12.8. The summed E-state index contributed by atoms with van der Waals surface area (Å²) in [6, 6.07) is 4.77. The number of nitro benzene ring substituents is 1. The smallest absolute Gasteiger partial charge is 0.294 e. The average Bonchev–Trinajstić information content (AvgIpc) is 3.24. The predicted molar refractivity (Wildman–Crippen MR) is 95.8 cm³/mol. The Morgan fingerprint density at radius 3 is 2.52 bits per heavy atom. The van der Waals surface area contributed by atoms with Crippen molar-refractivity contribution in [3.05, 3.63) is 33.3 Å². The normalized spacial score (nSPS) is 28.4. The summed E-state index contributed by atoms with van der Waals surface area (Å²) in [6.07, 6.45) is 4.79. The second kappa shape index (κ2) is 6.48. The van der Waals surface area contributed by atoms with Crippen LogP contribution in [0.1, 0.15) is 25.7 Å². The number of piperazine rings is 1. The van der Waals surface area contributed by atoms with Crippen LogP contribution in [-0.2, 0) is 4.79 Å². The Morgan fingerprint density at radius 2 is 1.92 bits per heavy atom. The van der Waals surface area contributed by atoms with Crippen LogP contribution in [0.5, 0.6) is 0 Å². The first-order chi connectivity index (χ1) is 12.0. The van der Waals surface area contributed by atoms with Gasteiger partial charge in [0.05, 0.1) is 4.92 Å². The number of hydrogen-bond donors (Lipinski definition) is 0. The zero-order valence-corrected chi connectivity index (χ0v) is 14.8. The fourth-order valence-corrected chi connectivity index (χ4v) is 5.03. The number of anilines is 1. The fourth-order valence-electron chi connectivity index (χ4n) is 4.86. The maximum Gasteiger partial charge on any atom is 0.294 e. The van der Waals surface area contributed by atoms with E-state index in [2.05, 4.69) is 0 Å². The highest BCUT2D eigenvalue weighted by atomic mass is 35.5. The molecule has 1 saturated heterocycles. The number of hydrogen-bond acceptors (Lipinski definition) is 4. The van der Waals surface area contributed by atoms with Crippen molar-refractivity contribution >= 4 is 28.9 Å². The van der Waals surface area contributed by atoms with Crippen molar-refractivity contribution in [3.63, 3.8) is 0 Å². The van der Waals surface area contributed by atoms with E-state index in [0.29, 0.717) is 48.7 Å². The first-order valence-electron chi connectivity index (χ1n) is 9.00. The molecule has 3 atom stereocenters. The van der Waals surface area contributed by atoms with Crippen molar-refractivity contribution < 1.29 is 9.72 Å². The number of rotatable bonds is 3. The van der Waals surface area contributed by atoms with E-state index in [9.17, 15) is 14.9 Å². The lowest BCUT2D eigenvalue weighted by atomic mass is 9.87. The van der Waals surface area contributed by atoms with Gasteiger partial charge in [-0.15, -0.1) is 0 Å². The van der Waals surface area contributed by atoms with E-state index in [-0.39, 0.29) is 11.6 Å². The van der Waals surface area contributed by atoms with Crippen LogP contribution in [-0.4, -0.2) is 41.9 Å². The number of carbonyl (C=O) groups is 1. The van der Waals surface area contributed by atoms with E-state index < -0.39 is 4.92 Å². The highest BCUT2D eigenvalue weighted by molar-refractivity contribution is 6.30. The molecule has 0 N–H and O–H groups in total. The Balaban J connectivity index is 1.42. The lowest BCUT2D eigenvalue weighted by Crippen LogP contribution is -2.51. The van der Waals surface area contributed by atoms with Crippen molar-refractivity contribution in [3.8, 4) is 0 Å². The maximum atomic E-state index is 12.8. The van der Waals surface area contributed by atoms with Crippen LogP contribution in [0.25, 0.3) is 0 Å². The highest BCUT2D eigenvalue weighted by Crippen LogP contribution is 2.49. The van der Waals surface area contributed by atoms with Crippen LogP contribution in [0, 0.1) is 27.9 Å². The quantitative estimate of drug-likeness (QED) is 0.610. The number of nitro groups is 1. The van der Waals surface area contributed by atoms with Gasteiger partial charge in [0.1, 0.15) is 5.69 Å². The largest absolute Gasteiger partial charge is 0.362 e. The first kappa shape index (κ1) is 16.6. The molecule has 1 heterocycles. The van der Waals surface area contributed by atoms with Crippen LogP contribution in [0.15, 0.2) is 18.2 Å². The van der Waals surface area contributed by atoms with Crippen molar-refractivity contribution in [2.24, 2.45) is 17.8 Å². The van der Waals surface area contributed by atoms with E-state index in [1.54, 1.807) is 12.1 Å². The summed E-state index contributed by atoms with van der Waals surface area (Å²) in [5.74, 6) is 1.87. The summed E-state index contributed by atoms with van der Waals surface area (Å²) in [5, 5.41) is 11.7. The number of amides is 1. The Hall–Kier alpha value is -1.82. The van der Waals surface area contributed by atoms with Gasteiger partial charge in [0.25, 0.3) is 5.69 Å². The van der Waals surface area contributed by atoms with E-state index in [1.165, 1.54) is 25.3 Å². The summed E-state index contributed by atoms with van der Waals surface area (Å²) < 4.78 is 0. The molecule has 3 fully saturated rings. The first-order valence-corrected chi connectivity index (χ1v) is 9.38. The van der Waals surface area contributed by atoms with Gasteiger partial charge < -0.3 is 9.80 Å². The van der Waals surface area contributed by atoms with E-state index in [4.69, 9.17) is 11.6 Å². The van der Waals surface area contributed by atoms with Gasteiger partial charge in [-0.2, -0.15) is 0 Å². The second-order valence-electron chi connectivity index (χ2n) is 7.48.